The number of Topliss-reactive ketones (excluding diaryl/α,β-unsaturated/α-hetero) is 1. The van der Waals surface area contributed by atoms with E-state index >= 15 is 0 Å². The lowest BCUT2D eigenvalue weighted by Crippen LogP contribution is -2.76. The molecular formula is C17H19NO3. The number of ether oxygens (including phenoxy) is 1. The van der Waals surface area contributed by atoms with Gasteiger partial charge in [0.15, 0.2) is 11.9 Å². The first-order chi connectivity index (χ1) is 10.1. The van der Waals surface area contributed by atoms with Crippen LogP contribution >= 0.6 is 0 Å². The molecule has 110 valence electrons. The fourth-order valence-corrected chi connectivity index (χ4v) is 5.50. The Labute approximate surface area is 123 Å². The van der Waals surface area contributed by atoms with E-state index in [1.54, 1.807) is 0 Å². The molecule has 2 aliphatic carbocycles. The summed E-state index contributed by atoms with van der Waals surface area (Å²) in [5.74, 6) is 0.987. The summed E-state index contributed by atoms with van der Waals surface area (Å²) < 4.78 is 6.06. The fourth-order valence-electron chi connectivity index (χ4n) is 5.50. The van der Waals surface area contributed by atoms with Crippen molar-refractivity contribution in [3.8, 4) is 5.75 Å². The molecule has 0 amide bonds. The molecule has 2 bridgehead atoms. The van der Waals surface area contributed by atoms with Gasteiger partial charge in [0.2, 0.25) is 0 Å². The van der Waals surface area contributed by atoms with E-state index in [1.807, 2.05) is 12.1 Å². The monoisotopic (exact) mass is 285 g/mol. The second-order valence-electron chi connectivity index (χ2n) is 7.10. The maximum Gasteiger partial charge on any atom is 0.174 e. The first kappa shape index (κ1) is 12.2. The minimum absolute atomic E-state index is 0.0892. The van der Waals surface area contributed by atoms with Gasteiger partial charge in [-0.25, -0.2) is 0 Å². The van der Waals surface area contributed by atoms with Gasteiger partial charge < -0.3 is 14.7 Å². The van der Waals surface area contributed by atoms with Crippen molar-refractivity contribution in [2.75, 3.05) is 13.6 Å². The molecule has 1 aromatic carbocycles. The highest BCUT2D eigenvalue weighted by atomic mass is 16.5. The van der Waals surface area contributed by atoms with E-state index in [0.717, 1.165) is 30.7 Å². The number of hydrogen-bond acceptors (Lipinski definition) is 4. The third-order valence-electron chi connectivity index (χ3n) is 6.42. The van der Waals surface area contributed by atoms with Crippen LogP contribution in [0.3, 0.4) is 0 Å². The van der Waals surface area contributed by atoms with Crippen LogP contribution in [0.5, 0.6) is 5.75 Å². The number of likely N-dealkylation sites (tertiary alicyclic amines) is 1. The van der Waals surface area contributed by atoms with Crippen molar-refractivity contribution in [1.82, 2.24) is 4.90 Å². The SMILES string of the molecule is CN1CC[C@]23c4c5cccc4OC2C(=O)CC[C@@]3(O)[C@H]1C5. The number of likely N-dealkylation sites (N-methyl/N-ethyl adjacent to an activating group) is 1. The number of benzene rings is 1. The lowest BCUT2D eigenvalue weighted by molar-refractivity contribution is -0.185. The predicted molar refractivity (Wildman–Crippen MR) is 76.5 cm³/mol. The minimum Gasteiger partial charge on any atom is -0.481 e. The molecule has 0 radical (unpaired) electrons. The standard InChI is InChI=1S/C17H19NO3/c1-18-8-7-16-14-10-3-2-4-12(14)21-15(16)11(19)5-6-17(16,20)13(18)9-10/h2-4,13,15,20H,5-9H2,1H3/t13-,15?,16+,17-/m1/s1. The fraction of sp³-hybridized carbons (Fsp3) is 0.588. The van der Waals surface area contributed by atoms with E-state index in [2.05, 4.69) is 18.0 Å². The molecule has 1 aromatic rings. The molecular weight excluding hydrogens is 266 g/mol. The second kappa shape index (κ2) is 3.50. The van der Waals surface area contributed by atoms with Crippen molar-refractivity contribution in [2.45, 2.75) is 48.8 Å². The Bertz CT molecular complexity index is 672. The van der Waals surface area contributed by atoms with Crippen molar-refractivity contribution in [3.63, 3.8) is 0 Å². The minimum atomic E-state index is -0.835. The molecule has 2 aliphatic heterocycles. The smallest absolute Gasteiger partial charge is 0.174 e. The van der Waals surface area contributed by atoms with E-state index in [0.29, 0.717) is 12.8 Å². The molecule has 4 atom stereocenters. The average molecular weight is 285 g/mol. The van der Waals surface area contributed by atoms with Gasteiger partial charge in [0, 0.05) is 18.0 Å². The number of nitrogens with zero attached hydrogens (tertiary/aromatic N) is 1. The summed E-state index contributed by atoms with van der Waals surface area (Å²) in [5, 5.41) is 11.6. The van der Waals surface area contributed by atoms with E-state index in [-0.39, 0.29) is 11.8 Å². The van der Waals surface area contributed by atoms with Gasteiger partial charge in [0.25, 0.3) is 0 Å². The predicted octanol–water partition coefficient (Wildman–Crippen LogP) is 1.04. The number of carbonyl (C=O) groups is 1. The third-order valence-corrected chi connectivity index (χ3v) is 6.42. The van der Waals surface area contributed by atoms with Gasteiger partial charge >= 0.3 is 0 Å². The van der Waals surface area contributed by atoms with Gasteiger partial charge in [0.05, 0.1) is 11.0 Å². The van der Waals surface area contributed by atoms with Crippen LogP contribution in [0.2, 0.25) is 0 Å². The van der Waals surface area contributed by atoms with E-state index in [4.69, 9.17) is 4.74 Å². The van der Waals surface area contributed by atoms with Crippen molar-refractivity contribution in [1.29, 1.82) is 0 Å². The Morgan fingerprint density at radius 3 is 3.10 bits per heavy atom. The van der Waals surface area contributed by atoms with Crippen LogP contribution < -0.4 is 4.74 Å². The summed E-state index contributed by atoms with van der Waals surface area (Å²) in [6.45, 7) is 0.911. The molecule has 4 heteroatoms. The summed E-state index contributed by atoms with van der Waals surface area (Å²) in [6, 6.07) is 6.19. The first-order valence-corrected chi connectivity index (χ1v) is 7.82. The van der Waals surface area contributed by atoms with Gasteiger partial charge in [-0.15, -0.1) is 0 Å². The third kappa shape index (κ3) is 1.12. The van der Waals surface area contributed by atoms with Crippen molar-refractivity contribution < 1.29 is 14.6 Å². The summed E-state index contributed by atoms with van der Waals surface area (Å²) >= 11 is 0. The lowest BCUT2D eigenvalue weighted by atomic mass is 9.49. The Morgan fingerprint density at radius 1 is 1.38 bits per heavy atom. The zero-order valence-corrected chi connectivity index (χ0v) is 12.1. The van der Waals surface area contributed by atoms with Crippen molar-refractivity contribution >= 4 is 5.78 Å². The van der Waals surface area contributed by atoms with Crippen LogP contribution in [0, 0.1) is 0 Å². The zero-order valence-electron chi connectivity index (χ0n) is 12.1. The normalized spacial score (nSPS) is 43.4. The van der Waals surface area contributed by atoms with Crippen LogP contribution in [0.25, 0.3) is 0 Å². The van der Waals surface area contributed by atoms with Gasteiger partial charge in [-0.3, -0.25) is 4.79 Å². The number of rotatable bonds is 0. The zero-order chi connectivity index (χ0) is 14.4. The van der Waals surface area contributed by atoms with Crippen LogP contribution in [0.1, 0.15) is 30.4 Å². The average Bonchev–Trinajstić information content (AvgIpc) is 2.81. The summed E-state index contributed by atoms with van der Waals surface area (Å²) in [6.07, 6.45) is 2.16. The van der Waals surface area contributed by atoms with Gasteiger partial charge in [-0.2, -0.15) is 0 Å². The van der Waals surface area contributed by atoms with Gasteiger partial charge in [-0.05, 0) is 44.5 Å². The molecule has 0 aromatic heterocycles. The number of piperidine rings is 1. The maximum atomic E-state index is 12.5. The molecule has 5 rings (SSSR count). The van der Waals surface area contributed by atoms with Crippen molar-refractivity contribution in [2.24, 2.45) is 0 Å². The molecule has 21 heavy (non-hydrogen) atoms. The molecule has 2 heterocycles. The van der Waals surface area contributed by atoms with Crippen LogP contribution in [-0.4, -0.2) is 47.1 Å². The quantitative estimate of drug-likeness (QED) is 0.774. The Hall–Kier alpha value is -1.39. The number of hydrogen-bond donors (Lipinski definition) is 1. The maximum absolute atomic E-state index is 12.5. The van der Waals surface area contributed by atoms with E-state index in [9.17, 15) is 9.90 Å². The van der Waals surface area contributed by atoms with E-state index < -0.39 is 17.1 Å². The van der Waals surface area contributed by atoms with Gasteiger partial charge in [0.1, 0.15) is 5.75 Å². The highest BCUT2D eigenvalue weighted by Crippen LogP contribution is 2.62. The van der Waals surface area contributed by atoms with E-state index in [1.165, 1.54) is 5.56 Å². The molecule has 2 fully saturated rings. The Kier molecular flexibility index (Phi) is 2.03. The lowest BCUT2D eigenvalue weighted by Gasteiger charge is -2.62. The largest absolute Gasteiger partial charge is 0.481 e. The summed E-state index contributed by atoms with van der Waals surface area (Å²) in [5.41, 5.74) is 1.04. The Morgan fingerprint density at radius 2 is 2.24 bits per heavy atom. The second-order valence-corrected chi connectivity index (χ2v) is 7.10. The van der Waals surface area contributed by atoms with Crippen molar-refractivity contribution in [3.05, 3.63) is 29.3 Å². The Balaban J connectivity index is 1.87. The molecule has 1 saturated carbocycles. The summed E-state index contributed by atoms with van der Waals surface area (Å²) in [4.78, 5) is 14.8. The molecule has 1 N–H and O–H groups in total. The first-order valence-electron chi connectivity index (χ1n) is 7.82. The molecule has 4 nitrogen and oxygen atoms in total. The topological polar surface area (TPSA) is 49.8 Å². The molecule has 1 unspecified atom stereocenters. The highest BCUT2D eigenvalue weighted by molar-refractivity contribution is 5.89. The molecule has 4 aliphatic rings. The number of aliphatic hydroxyl groups is 1. The van der Waals surface area contributed by atoms with Crippen LogP contribution in [0.15, 0.2) is 18.2 Å². The number of carbonyl (C=O) groups excluding carboxylic acids is 1. The van der Waals surface area contributed by atoms with Crippen LogP contribution in [0.4, 0.5) is 0 Å². The van der Waals surface area contributed by atoms with Gasteiger partial charge in [-0.1, -0.05) is 12.1 Å². The molecule has 1 saturated heterocycles. The van der Waals surface area contributed by atoms with Crippen LogP contribution in [-0.2, 0) is 16.6 Å². The molecule has 1 spiro atoms. The summed E-state index contributed by atoms with van der Waals surface area (Å²) in [7, 11) is 2.09. The highest BCUT2D eigenvalue weighted by Gasteiger charge is 2.72. The number of ketones is 1.